The van der Waals surface area contributed by atoms with Crippen LogP contribution in [0.15, 0.2) is 24.3 Å². The number of carbonyl (C=O) groups is 3. The van der Waals surface area contributed by atoms with Crippen molar-refractivity contribution in [2.24, 2.45) is 5.92 Å². The van der Waals surface area contributed by atoms with Crippen LogP contribution < -0.4 is 4.74 Å². The second-order valence-electron chi connectivity index (χ2n) is 7.41. The van der Waals surface area contributed by atoms with E-state index in [1.807, 2.05) is 17.0 Å². The summed E-state index contributed by atoms with van der Waals surface area (Å²) in [4.78, 5) is 43.0. The van der Waals surface area contributed by atoms with Crippen molar-refractivity contribution in [3.8, 4) is 5.75 Å². The topological polar surface area (TPSA) is 79.4 Å². The first kappa shape index (κ1) is 21.1. The molecule has 0 radical (unpaired) electrons. The van der Waals surface area contributed by atoms with E-state index in [-0.39, 0.29) is 30.2 Å². The Kier molecular flexibility index (Phi) is 7.09. The maximum atomic E-state index is 12.9. The van der Waals surface area contributed by atoms with Gasteiger partial charge in [-0.05, 0) is 25.0 Å². The molecule has 1 aromatic carbocycles. The van der Waals surface area contributed by atoms with Gasteiger partial charge in [0, 0.05) is 52.3 Å². The summed E-state index contributed by atoms with van der Waals surface area (Å²) in [5, 5.41) is 0. The number of hydrogen-bond donors (Lipinski definition) is 0. The molecule has 2 saturated heterocycles. The normalized spacial score (nSPS) is 17.9. The molecule has 2 aliphatic rings. The first-order chi connectivity index (χ1) is 14.0. The van der Waals surface area contributed by atoms with E-state index in [1.54, 1.807) is 29.0 Å². The Morgan fingerprint density at radius 2 is 1.52 bits per heavy atom. The number of likely N-dealkylation sites (tertiary alicyclic amines) is 1. The van der Waals surface area contributed by atoms with Gasteiger partial charge in [0.25, 0.3) is 5.91 Å². The van der Waals surface area contributed by atoms with Gasteiger partial charge in [0.15, 0.2) is 0 Å². The van der Waals surface area contributed by atoms with Gasteiger partial charge in [0.2, 0.25) is 11.8 Å². The zero-order chi connectivity index (χ0) is 20.8. The van der Waals surface area contributed by atoms with Crippen LogP contribution in [0.5, 0.6) is 5.75 Å². The van der Waals surface area contributed by atoms with Gasteiger partial charge in [-0.3, -0.25) is 14.4 Å². The van der Waals surface area contributed by atoms with Crippen molar-refractivity contribution in [3.05, 3.63) is 29.8 Å². The summed E-state index contributed by atoms with van der Waals surface area (Å²) >= 11 is 0. The standard InChI is InChI=1S/C21H29N3O5/c1-28-15-19(25)22-9-7-16(8-10-22)20(26)23-11-13-24(14-12-23)21(27)17-5-3-4-6-18(17)29-2/h3-6,16H,7-15H2,1-2H3. The minimum Gasteiger partial charge on any atom is -0.496 e. The van der Waals surface area contributed by atoms with Crippen LogP contribution in [0.4, 0.5) is 0 Å². The number of amides is 3. The summed E-state index contributed by atoms with van der Waals surface area (Å²) in [6.45, 7) is 3.34. The van der Waals surface area contributed by atoms with E-state index in [4.69, 9.17) is 9.47 Å². The minimum atomic E-state index is -0.0699. The Hall–Kier alpha value is -2.61. The average Bonchev–Trinajstić information content (AvgIpc) is 2.78. The molecular weight excluding hydrogens is 374 g/mol. The fraction of sp³-hybridized carbons (Fsp3) is 0.571. The van der Waals surface area contributed by atoms with Crippen molar-refractivity contribution in [2.75, 3.05) is 60.1 Å². The molecule has 8 heteroatoms. The first-order valence-corrected chi connectivity index (χ1v) is 10.0. The highest BCUT2D eigenvalue weighted by atomic mass is 16.5. The van der Waals surface area contributed by atoms with Crippen LogP contribution in [0.25, 0.3) is 0 Å². The van der Waals surface area contributed by atoms with Crippen LogP contribution in [-0.2, 0) is 14.3 Å². The molecule has 0 unspecified atom stereocenters. The van der Waals surface area contributed by atoms with Crippen LogP contribution >= 0.6 is 0 Å². The first-order valence-electron chi connectivity index (χ1n) is 10.0. The van der Waals surface area contributed by atoms with E-state index in [0.717, 1.165) is 0 Å². The lowest BCUT2D eigenvalue weighted by Gasteiger charge is -2.38. The molecular formula is C21H29N3O5. The van der Waals surface area contributed by atoms with E-state index in [2.05, 4.69) is 0 Å². The lowest BCUT2D eigenvalue weighted by atomic mass is 9.95. The number of piperazine rings is 1. The highest BCUT2D eigenvalue weighted by Gasteiger charge is 2.32. The van der Waals surface area contributed by atoms with Crippen molar-refractivity contribution in [1.82, 2.24) is 14.7 Å². The van der Waals surface area contributed by atoms with E-state index in [0.29, 0.717) is 63.4 Å². The fourth-order valence-corrected chi connectivity index (χ4v) is 3.97. The summed E-state index contributed by atoms with van der Waals surface area (Å²) in [5.41, 5.74) is 0.544. The number of nitrogens with zero attached hydrogens (tertiary/aromatic N) is 3. The Labute approximate surface area is 171 Å². The highest BCUT2D eigenvalue weighted by Crippen LogP contribution is 2.23. The number of para-hydroxylation sites is 1. The third kappa shape index (κ3) is 4.87. The van der Waals surface area contributed by atoms with Crippen LogP contribution in [0.2, 0.25) is 0 Å². The molecule has 2 aliphatic heterocycles. The Morgan fingerprint density at radius 3 is 2.14 bits per heavy atom. The summed E-state index contributed by atoms with van der Waals surface area (Å²) in [7, 11) is 3.06. The SMILES string of the molecule is COCC(=O)N1CCC(C(=O)N2CCN(C(=O)c3ccccc3OC)CC2)CC1. The minimum absolute atomic E-state index is 0.0261. The van der Waals surface area contributed by atoms with Crippen molar-refractivity contribution in [2.45, 2.75) is 12.8 Å². The molecule has 8 nitrogen and oxygen atoms in total. The van der Waals surface area contributed by atoms with Crippen molar-refractivity contribution in [1.29, 1.82) is 0 Å². The molecule has 0 atom stereocenters. The largest absolute Gasteiger partial charge is 0.496 e. The van der Waals surface area contributed by atoms with Crippen LogP contribution in [0.3, 0.4) is 0 Å². The molecule has 2 fully saturated rings. The molecule has 0 aromatic heterocycles. The maximum absolute atomic E-state index is 12.9. The number of carbonyl (C=O) groups excluding carboxylic acids is 3. The zero-order valence-corrected chi connectivity index (χ0v) is 17.1. The van der Waals surface area contributed by atoms with Crippen LogP contribution in [-0.4, -0.2) is 92.5 Å². The zero-order valence-electron chi connectivity index (χ0n) is 17.1. The number of rotatable bonds is 5. The van der Waals surface area contributed by atoms with E-state index in [1.165, 1.54) is 7.11 Å². The Balaban J connectivity index is 1.50. The van der Waals surface area contributed by atoms with Gasteiger partial charge in [0.05, 0.1) is 12.7 Å². The smallest absolute Gasteiger partial charge is 0.257 e. The van der Waals surface area contributed by atoms with Crippen LogP contribution in [0, 0.1) is 5.92 Å². The van der Waals surface area contributed by atoms with Crippen LogP contribution in [0.1, 0.15) is 23.2 Å². The molecule has 0 N–H and O–H groups in total. The summed E-state index contributed by atoms with van der Waals surface area (Å²) in [5.74, 6) is 0.540. The molecule has 2 heterocycles. The second-order valence-corrected chi connectivity index (χ2v) is 7.41. The third-order valence-electron chi connectivity index (χ3n) is 5.68. The number of piperidine rings is 1. The number of methoxy groups -OCH3 is 2. The van der Waals surface area contributed by atoms with E-state index < -0.39 is 0 Å². The number of ether oxygens (including phenoxy) is 2. The summed E-state index contributed by atoms with van der Waals surface area (Å²) in [6.07, 6.45) is 1.35. The van der Waals surface area contributed by atoms with Gasteiger partial charge in [-0.1, -0.05) is 12.1 Å². The number of benzene rings is 1. The molecule has 158 valence electrons. The summed E-state index contributed by atoms with van der Waals surface area (Å²) in [6, 6.07) is 7.19. The molecule has 0 spiro atoms. The Bertz CT molecular complexity index is 738. The molecule has 0 bridgehead atoms. The Morgan fingerprint density at radius 1 is 0.897 bits per heavy atom. The summed E-state index contributed by atoms with van der Waals surface area (Å²) < 4.78 is 10.2. The van der Waals surface area contributed by atoms with Crippen molar-refractivity contribution >= 4 is 17.7 Å². The van der Waals surface area contributed by atoms with E-state index >= 15 is 0 Å². The lowest BCUT2D eigenvalue weighted by Crippen LogP contribution is -2.53. The molecule has 3 rings (SSSR count). The van der Waals surface area contributed by atoms with Crippen molar-refractivity contribution in [3.63, 3.8) is 0 Å². The second kappa shape index (κ2) is 9.73. The molecule has 0 saturated carbocycles. The third-order valence-corrected chi connectivity index (χ3v) is 5.68. The predicted molar refractivity (Wildman–Crippen MR) is 107 cm³/mol. The predicted octanol–water partition coefficient (Wildman–Crippen LogP) is 0.865. The quantitative estimate of drug-likeness (QED) is 0.729. The lowest BCUT2D eigenvalue weighted by molar-refractivity contribution is -0.143. The molecule has 3 amide bonds. The molecule has 0 aliphatic carbocycles. The average molecular weight is 403 g/mol. The van der Waals surface area contributed by atoms with Gasteiger partial charge in [-0.15, -0.1) is 0 Å². The number of hydrogen-bond acceptors (Lipinski definition) is 5. The van der Waals surface area contributed by atoms with E-state index in [9.17, 15) is 14.4 Å². The van der Waals surface area contributed by atoms with Crippen molar-refractivity contribution < 1.29 is 23.9 Å². The van der Waals surface area contributed by atoms with Gasteiger partial charge in [0.1, 0.15) is 12.4 Å². The monoisotopic (exact) mass is 403 g/mol. The van der Waals surface area contributed by atoms with Gasteiger partial charge >= 0.3 is 0 Å². The van der Waals surface area contributed by atoms with Gasteiger partial charge in [-0.25, -0.2) is 0 Å². The molecule has 29 heavy (non-hydrogen) atoms. The maximum Gasteiger partial charge on any atom is 0.257 e. The van der Waals surface area contributed by atoms with Gasteiger partial charge in [-0.2, -0.15) is 0 Å². The fourth-order valence-electron chi connectivity index (χ4n) is 3.97. The van der Waals surface area contributed by atoms with Gasteiger partial charge < -0.3 is 24.2 Å². The highest BCUT2D eigenvalue weighted by molar-refractivity contribution is 5.97. The molecule has 1 aromatic rings.